The molecule has 2 N–H and O–H groups in total. The topological polar surface area (TPSA) is 88.5 Å². The fraction of sp³-hybridized carbons (Fsp3) is 0.316. The Morgan fingerprint density at radius 3 is 2.77 bits per heavy atom. The maximum Gasteiger partial charge on any atom is 0.182 e. The Labute approximate surface area is 152 Å². The molecule has 3 aromatic rings. The third-order valence-corrected chi connectivity index (χ3v) is 4.42. The molecule has 7 heteroatoms. The van der Waals surface area contributed by atoms with E-state index >= 15 is 0 Å². The van der Waals surface area contributed by atoms with Crippen LogP contribution in [-0.2, 0) is 0 Å². The zero-order chi connectivity index (χ0) is 17.6. The first-order valence-corrected chi connectivity index (χ1v) is 8.90. The SMILES string of the molecule is c1ccc(-c2cc(NCC3CCCNC3)nc(-c3cnccn3)n2)nc1. The lowest BCUT2D eigenvalue weighted by molar-refractivity contribution is 0.392. The highest BCUT2D eigenvalue weighted by Crippen LogP contribution is 2.22. The molecule has 0 spiro atoms. The molecule has 4 heterocycles. The third-order valence-electron chi connectivity index (χ3n) is 4.42. The standard InChI is InChI=1S/C19H21N7/c1-2-7-22-15(5-1)16-10-18(24-12-14-4-3-6-20-11-14)26-19(25-16)17-13-21-8-9-23-17/h1-2,5,7-10,13-14,20H,3-4,6,11-12H2,(H,24,25,26). The molecule has 1 fully saturated rings. The summed E-state index contributed by atoms with van der Waals surface area (Å²) < 4.78 is 0. The molecule has 132 valence electrons. The van der Waals surface area contributed by atoms with Crippen molar-refractivity contribution in [1.29, 1.82) is 0 Å². The van der Waals surface area contributed by atoms with Gasteiger partial charge in [-0.25, -0.2) is 15.0 Å². The first kappa shape index (κ1) is 16.5. The summed E-state index contributed by atoms with van der Waals surface area (Å²) in [6, 6.07) is 7.73. The van der Waals surface area contributed by atoms with E-state index in [2.05, 4.69) is 35.6 Å². The summed E-state index contributed by atoms with van der Waals surface area (Å²) >= 11 is 0. The molecule has 1 saturated heterocycles. The van der Waals surface area contributed by atoms with E-state index in [0.717, 1.165) is 36.8 Å². The Morgan fingerprint density at radius 1 is 1.04 bits per heavy atom. The lowest BCUT2D eigenvalue weighted by Gasteiger charge is -2.23. The monoisotopic (exact) mass is 347 g/mol. The van der Waals surface area contributed by atoms with Crippen molar-refractivity contribution in [2.75, 3.05) is 25.0 Å². The van der Waals surface area contributed by atoms with E-state index in [-0.39, 0.29) is 0 Å². The lowest BCUT2D eigenvalue weighted by atomic mass is 10.00. The van der Waals surface area contributed by atoms with E-state index in [0.29, 0.717) is 17.4 Å². The number of pyridine rings is 1. The first-order valence-electron chi connectivity index (χ1n) is 8.90. The number of anilines is 1. The second-order valence-electron chi connectivity index (χ2n) is 6.36. The fourth-order valence-electron chi connectivity index (χ4n) is 3.06. The summed E-state index contributed by atoms with van der Waals surface area (Å²) in [5.74, 6) is 1.94. The average Bonchev–Trinajstić information content (AvgIpc) is 2.74. The first-order chi connectivity index (χ1) is 12.9. The van der Waals surface area contributed by atoms with Crippen LogP contribution in [0.1, 0.15) is 12.8 Å². The molecule has 26 heavy (non-hydrogen) atoms. The molecule has 0 radical (unpaired) electrons. The van der Waals surface area contributed by atoms with Crippen molar-refractivity contribution < 1.29 is 0 Å². The maximum absolute atomic E-state index is 4.64. The van der Waals surface area contributed by atoms with Crippen molar-refractivity contribution in [1.82, 2.24) is 30.2 Å². The molecule has 7 nitrogen and oxygen atoms in total. The zero-order valence-corrected chi connectivity index (χ0v) is 14.5. The smallest absolute Gasteiger partial charge is 0.182 e. The normalized spacial score (nSPS) is 17.0. The molecule has 0 amide bonds. The van der Waals surface area contributed by atoms with Crippen molar-refractivity contribution in [3.8, 4) is 22.9 Å². The van der Waals surface area contributed by atoms with Crippen LogP contribution in [0.15, 0.2) is 49.1 Å². The van der Waals surface area contributed by atoms with E-state index in [9.17, 15) is 0 Å². The van der Waals surface area contributed by atoms with Crippen LogP contribution < -0.4 is 10.6 Å². The second kappa shape index (κ2) is 7.97. The van der Waals surface area contributed by atoms with Crippen molar-refractivity contribution in [2.45, 2.75) is 12.8 Å². The van der Waals surface area contributed by atoms with Crippen molar-refractivity contribution in [3.05, 3.63) is 49.1 Å². The van der Waals surface area contributed by atoms with Gasteiger partial charge in [0.15, 0.2) is 5.82 Å². The minimum absolute atomic E-state index is 0.547. The van der Waals surface area contributed by atoms with E-state index < -0.39 is 0 Å². The molecule has 1 unspecified atom stereocenters. The van der Waals surface area contributed by atoms with Crippen molar-refractivity contribution in [2.24, 2.45) is 5.92 Å². The molecule has 0 aliphatic carbocycles. The highest BCUT2D eigenvalue weighted by atomic mass is 15.1. The number of nitrogens with one attached hydrogen (secondary N) is 2. The summed E-state index contributed by atoms with van der Waals surface area (Å²) in [6.45, 7) is 3.04. The number of aromatic nitrogens is 5. The van der Waals surface area contributed by atoms with Crippen molar-refractivity contribution in [3.63, 3.8) is 0 Å². The van der Waals surface area contributed by atoms with Gasteiger partial charge in [-0.15, -0.1) is 0 Å². The molecule has 1 aliphatic rings. The Hall–Kier alpha value is -2.93. The number of piperidine rings is 1. The van der Waals surface area contributed by atoms with Crippen LogP contribution >= 0.6 is 0 Å². The van der Waals surface area contributed by atoms with Crippen LogP contribution in [0, 0.1) is 5.92 Å². The van der Waals surface area contributed by atoms with Gasteiger partial charge in [0.1, 0.15) is 11.5 Å². The average molecular weight is 347 g/mol. The van der Waals surface area contributed by atoms with Crippen LogP contribution in [0.2, 0.25) is 0 Å². The maximum atomic E-state index is 4.64. The van der Waals surface area contributed by atoms with E-state index in [4.69, 9.17) is 0 Å². The predicted octanol–water partition coefficient (Wildman–Crippen LogP) is 2.41. The molecule has 4 rings (SSSR count). The van der Waals surface area contributed by atoms with Gasteiger partial charge in [-0.1, -0.05) is 6.07 Å². The summed E-state index contributed by atoms with van der Waals surface area (Å²) in [6.07, 6.45) is 9.18. The number of hydrogen-bond donors (Lipinski definition) is 2. The Morgan fingerprint density at radius 2 is 2.00 bits per heavy atom. The molecule has 1 aliphatic heterocycles. The zero-order valence-electron chi connectivity index (χ0n) is 14.5. The Kier molecular flexibility index (Phi) is 5.07. The second-order valence-corrected chi connectivity index (χ2v) is 6.36. The van der Waals surface area contributed by atoms with Crippen LogP contribution in [0.3, 0.4) is 0 Å². The highest BCUT2D eigenvalue weighted by Gasteiger charge is 2.14. The van der Waals surface area contributed by atoms with Gasteiger partial charge in [-0.3, -0.25) is 9.97 Å². The van der Waals surface area contributed by atoms with Gasteiger partial charge in [0.25, 0.3) is 0 Å². The van der Waals surface area contributed by atoms with Gasteiger partial charge in [-0.05, 0) is 44.0 Å². The minimum Gasteiger partial charge on any atom is -0.370 e. The Bertz CT molecular complexity index is 775. The summed E-state index contributed by atoms with van der Waals surface area (Å²) in [5, 5.41) is 6.91. The molecule has 1 atom stereocenters. The minimum atomic E-state index is 0.547. The van der Waals surface area contributed by atoms with E-state index in [1.165, 1.54) is 12.8 Å². The molecular weight excluding hydrogens is 326 g/mol. The highest BCUT2D eigenvalue weighted by molar-refractivity contribution is 5.63. The van der Waals surface area contributed by atoms with Gasteiger partial charge in [0.05, 0.1) is 17.6 Å². The lowest BCUT2D eigenvalue weighted by Crippen LogP contribution is -2.33. The Balaban J connectivity index is 1.64. The van der Waals surface area contributed by atoms with Gasteiger partial charge in [0.2, 0.25) is 0 Å². The van der Waals surface area contributed by atoms with Crippen LogP contribution in [0.25, 0.3) is 22.9 Å². The molecule has 0 bridgehead atoms. The van der Waals surface area contributed by atoms with Gasteiger partial charge in [0, 0.05) is 31.2 Å². The van der Waals surface area contributed by atoms with Crippen LogP contribution in [0.5, 0.6) is 0 Å². The third kappa shape index (κ3) is 4.00. The van der Waals surface area contributed by atoms with E-state index in [1.807, 2.05) is 24.3 Å². The van der Waals surface area contributed by atoms with Gasteiger partial charge >= 0.3 is 0 Å². The molecule has 0 saturated carbocycles. The van der Waals surface area contributed by atoms with Gasteiger partial charge in [-0.2, -0.15) is 0 Å². The van der Waals surface area contributed by atoms with E-state index in [1.54, 1.807) is 24.8 Å². The molecule has 3 aromatic heterocycles. The number of hydrogen-bond acceptors (Lipinski definition) is 7. The number of nitrogens with zero attached hydrogens (tertiary/aromatic N) is 5. The number of rotatable bonds is 5. The summed E-state index contributed by atoms with van der Waals surface area (Å²) in [4.78, 5) is 22.1. The van der Waals surface area contributed by atoms with Crippen LogP contribution in [0.4, 0.5) is 5.82 Å². The fourth-order valence-corrected chi connectivity index (χ4v) is 3.06. The predicted molar refractivity (Wildman–Crippen MR) is 100 cm³/mol. The van der Waals surface area contributed by atoms with Crippen LogP contribution in [-0.4, -0.2) is 44.6 Å². The quantitative estimate of drug-likeness (QED) is 0.732. The molecular formula is C19H21N7. The summed E-state index contributed by atoms with van der Waals surface area (Å²) in [7, 11) is 0. The largest absolute Gasteiger partial charge is 0.370 e. The molecule has 0 aromatic carbocycles. The van der Waals surface area contributed by atoms with Crippen molar-refractivity contribution >= 4 is 5.82 Å². The van der Waals surface area contributed by atoms with Gasteiger partial charge < -0.3 is 10.6 Å². The summed E-state index contributed by atoms with van der Waals surface area (Å²) in [5.41, 5.74) is 2.22.